The highest BCUT2D eigenvalue weighted by molar-refractivity contribution is 7.90. The van der Waals surface area contributed by atoms with Crippen LogP contribution in [-0.4, -0.2) is 38.8 Å². The Labute approximate surface area is 166 Å². The molecule has 3 rings (SSSR count). The predicted molar refractivity (Wildman–Crippen MR) is 104 cm³/mol. The summed E-state index contributed by atoms with van der Waals surface area (Å²) in [6.07, 6.45) is 0. The molecule has 0 saturated heterocycles. The largest absolute Gasteiger partial charge is 0.454 e. The van der Waals surface area contributed by atoms with Crippen LogP contribution in [-0.2, 0) is 24.3 Å². The van der Waals surface area contributed by atoms with E-state index >= 15 is 0 Å². The lowest BCUT2D eigenvalue weighted by Crippen LogP contribution is -2.28. The van der Waals surface area contributed by atoms with E-state index in [4.69, 9.17) is 16.3 Å². The number of carbonyl (C=O) groups excluding carboxylic acids is 2. The fourth-order valence-electron chi connectivity index (χ4n) is 2.48. The van der Waals surface area contributed by atoms with E-state index in [9.17, 15) is 18.0 Å². The number of aliphatic imine (C=N–C) groups is 1. The molecule has 2 aromatic carbocycles. The number of halogens is 1. The number of amidine groups is 1. The van der Waals surface area contributed by atoms with Crippen LogP contribution >= 0.6 is 11.6 Å². The second-order valence-electron chi connectivity index (χ2n) is 5.89. The van der Waals surface area contributed by atoms with Crippen LogP contribution in [0.3, 0.4) is 0 Å². The van der Waals surface area contributed by atoms with Crippen LogP contribution in [0.2, 0.25) is 5.02 Å². The highest BCUT2D eigenvalue weighted by Crippen LogP contribution is 2.23. The van der Waals surface area contributed by atoms with E-state index in [-0.39, 0.29) is 10.7 Å². The zero-order valence-corrected chi connectivity index (χ0v) is 16.3. The molecular weight excluding hydrogens is 406 g/mol. The molecular formula is C18H16ClN3O5S. The molecule has 0 fully saturated rings. The maximum atomic E-state index is 12.1. The number of fused-ring (bicyclic) bond motifs is 1. The van der Waals surface area contributed by atoms with Crippen molar-refractivity contribution < 1.29 is 22.7 Å². The first-order valence-electron chi connectivity index (χ1n) is 8.19. The van der Waals surface area contributed by atoms with E-state index in [2.05, 4.69) is 15.0 Å². The first-order valence-corrected chi connectivity index (χ1v) is 10.0. The number of hydrogen-bond donors (Lipinski definition) is 2. The van der Waals surface area contributed by atoms with Gasteiger partial charge in [0.2, 0.25) is 0 Å². The van der Waals surface area contributed by atoms with Gasteiger partial charge in [0, 0.05) is 5.56 Å². The Morgan fingerprint density at radius 3 is 2.61 bits per heavy atom. The SMILES string of the molecule is C[C@@H](N=C1NS(=O)(=O)c2ccccc21)C(=O)OCC(=O)Nc1ccccc1Cl. The summed E-state index contributed by atoms with van der Waals surface area (Å²) in [7, 11) is -3.70. The lowest BCUT2D eigenvalue weighted by Gasteiger charge is -2.10. The van der Waals surface area contributed by atoms with Gasteiger partial charge in [-0.25, -0.2) is 13.2 Å². The molecule has 8 nitrogen and oxygen atoms in total. The number of para-hydroxylation sites is 1. The smallest absolute Gasteiger partial charge is 0.331 e. The van der Waals surface area contributed by atoms with Crippen molar-refractivity contribution in [2.45, 2.75) is 17.9 Å². The lowest BCUT2D eigenvalue weighted by atomic mass is 10.2. The minimum atomic E-state index is -3.70. The zero-order chi connectivity index (χ0) is 20.3. The minimum absolute atomic E-state index is 0.0561. The Balaban J connectivity index is 1.62. The monoisotopic (exact) mass is 421 g/mol. The number of esters is 1. The Morgan fingerprint density at radius 2 is 1.86 bits per heavy atom. The lowest BCUT2D eigenvalue weighted by molar-refractivity contribution is -0.148. The van der Waals surface area contributed by atoms with Crippen LogP contribution in [0.4, 0.5) is 5.69 Å². The molecule has 10 heteroatoms. The van der Waals surface area contributed by atoms with Gasteiger partial charge in [0.25, 0.3) is 15.9 Å². The van der Waals surface area contributed by atoms with Gasteiger partial charge < -0.3 is 10.1 Å². The van der Waals surface area contributed by atoms with Gasteiger partial charge in [-0.1, -0.05) is 35.9 Å². The molecule has 146 valence electrons. The molecule has 0 aliphatic carbocycles. The topological polar surface area (TPSA) is 114 Å². The molecule has 0 saturated carbocycles. The van der Waals surface area contributed by atoms with Crippen LogP contribution in [0.1, 0.15) is 12.5 Å². The van der Waals surface area contributed by atoms with E-state index in [0.717, 1.165) is 0 Å². The average Bonchev–Trinajstić information content (AvgIpc) is 2.92. The number of rotatable bonds is 5. The van der Waals surface area contributed by atoms with E-state index in [1.807, 2.05) is 0 Å². The van der Waals surface area contributed by atoms with Gasteiger partial charge in [0.1, 0.15) is 11.9 Å². The first kappa shape index (κ1) is 19.8. The van der Waals surface area contributed by atoms with Crippen LogP contribution in [0.15, 0.2) is 58.4 Å². The summed E-state index contributed by atoms with van der Waals surface area (Å²) in [4.78, 5) is 28.2. The van der Waals surface area contributed by atoms with Gasteiger partial charge >= 0.3 is 5.97 Å². The summed E-state index contributed by atoms with van der Waals surface area (Å²) in [5.41, 5.74) is 0.772. The molecule has 2 aromatic rings. The maximum absolute atomic E-state index is 12.1. The van der Waals surface area contributed by atoms with Crippen LogP contribution in [0.25, 0.3) is 0 Å². The highest BCUT2D eigenvalue weighted by Gasteiger charge is 2.31. The number of ether oxygens (including phenoxy) is 1. The van der Waals surface area contributed by atoms with Crippen molar-refractivity contribution in [2.75, 3.05) is 11.9 Å². The Kier molecular flexibility index (Phi) is 5.66. The third-order valence-electron chi connectivity index (χ3n) is 3.82. The van der Waals surface area contributed by atoms with Gasteiger partial charge in [-0.15, -0.1) is 0 Å². The molecule has 1 aliphatic heterocycles. The second kappa shape index (κ2) is 7.99. The van der Waals surface area contributed by atoms with Crippen molar-refractivity contribution in [3.8, 4) is 0 Å². The average molecular weight is 422 g/mol. The quantitative estimate of drug-likeness (QED) is 0.716. The van der Waals surface area contributed by atoms with Crippen molar-refractivity contribution >= 4 is 45.0 Å². The zero-order valence-electron chi connectivity index (χ0n) is 14.7. The van der Waals surface area contributed by atoms with Gasteiger partial charge in [0.05, 0.1) is 15.6 Å². The fourth-order valence-corrected chi connectivity index (χ4v) is 3.90. The molecule has 0 radical (unpaired) electrons. The van der Waals surface area contributed by atoms with Crippen molar-refractivity contribution in [1.29, 1.82) is 0 Å². The predicted octanol–water partition coefficient (Wildman–Crippen LogP) is 1.95. The summed E-state index contributed by atoms with van der Waals surface area (Å²) in [6.45, 7) is 0.915. The van der Waals surface area contributed by atoms with E-state index in [0.29, 0.717) is 16.3 Å². The molecule has 2 N–H and O–H groups in total. The second-order valence-corrected chi connectivity index (χ2v) is 7.95. The summed E-state index contributed by atoms with van der Waals surface area (Å²) in [6, 6.07) is 11.9. The number of benzene rings is 2. The molecule has 1 amide bonds. The van der Waals surface area contributed by atoms with Crippen molar-refractivity contribution in [1.82, 2.24) is 4.72 Å². The third-order valence-corrected chi connectivity index (χ3v) is 5.55. The standard InChI is InChI=1S/C18H16ClN3O5S/c1-11(20-17-12-6-2-5-9-15(12)28(25,26)22-17)18(24)27-10-16(23)21-14-8-4-3-7-13(14)19/h2-9,11H,10H2,1H3,(H,20,22)(H,21,23)/t11-/m1/s1. The molecule has 0 unspecified atom stereocenters. The number of carbonyl (C=O) groups is 2. The summed E-state index contributed by atoms with van der Waals surface area (Å²) in [5.74, 6) is -1.28. The third kappa shape index (κ3) is 4.32. The number of anilines is 1. The van der Waals surface area contributed by atoms with Crippen molar-refractivity contribution in [3.63, 3.8) is 0 Å². The molecule has 28 heavy (non-hydrogen) atoms. The van der Waals surface area contributed by atoms with Crippen molar-refractivity contribution in [2.24, 2.45) is 4.99 Å². The molecule has 1 aliphatic rings. The maximum Gasteiger partial charge on any atom is 0.331 e. The number of sulfonamides is 1. The number of amides is 1. The normalized spacial score (nSPS) is 16.7. The summed E-state index contributed by atoms with van der Waals surface area (Å²) in [5, 5.41) is 2.88. The molecule has 0 aromatic heterocycles. The summed E-state index contributed by atoms with van der Waals surface area (Å²) >= 11 is 5.94. The molecule has 1 heterocycles. The summed E-state index contributed by atoms with van der Waals surface area (Å²) < 4.78 is 31.4. The highest BCUT2D eigenvalue weighted by atomic mass is 35.5. The van der Waals surface area contributed by atoms with Crippen LogP contribution in [0.5, 0.6) is 0 Å². The minimum Gasteiger partial charge on any atom is -0.454 e. The van der Waals surface area contributed by atoms with Crippen molar-refractivity contribution in [3.05, 3.63) is 59.1 Å². The fraction of sp³-hybridized carbons (Fsp3) is 0.167. The van der Waals surface area contributed by atoms with Crippen LogP contribution < -0.4 is 10.0 Å². The number of nitrogens with one attached hydrogen (secondary N) is 2. The Hall–Kier alpha value is -2.91. The molecule has 0 spiro atoms. The van der Waals surface area contributed by atoms with Gasteiger partial charge in [-0.05, 0) is 31.2 Å². The van der Waals surface area contributed by atoms with E-state index in [1.54, 1.807) is 42.5 Å². The van der Waals surface area contributed by atoms with E-state index in [1.165, 1.54) is 13.0 Å². The van der Waals surface area contributed by atoms with Crippen LogP contribution in [0, 0.1) is 0 Å². The Bertz CT molecular complexity index is 1070. The molecule has 1 atom stereocenters. The van der Waals surface area contributed by atoms with E-state index < -0.39 is 34.5 Å². The number of hydrogen-bond acceptors (Lipinski definition) is 6. The van der Waals surface area contributed by atoms with Gasteiger partial charge in [-0.2, -0.15) is 0 Å². The first-order chi connectivity index (χ1) is 13.3. The number of nitrogens with zero attached hydrogens (tertiary/aromatic N) is 1. The van der Waals surface area contributed by atoms with Gasteiger partial charge in [-0.3, -0.25) is 14.5 Å². The molecule has 0 bridgehead atoms. The Morgan fingerprint density at radius 1 is 1.18 bits per heavy atom. The van der Waals surface area contributed by atoms with Gasteiger partial charge in [0.15, 0.2) is 6.61 Å².